The van der Waals surface area contributed by atoms with Gasteiger partial charge in [0.25, 0.3) is 0 Å². The highest BCUT2D eigenvalue weighted by molar-refractivity contribution is 5.81. The van der Waals surface area contributed by atoms with Crippen LogP contribution in [0.3, 0.4) is 0 Å². The van der Waals surface area contributed by atoms with E-state index in [0.29, 0.717) is 32.2 Å². The van der Waals surface area contributed by atoms with Crippen molar-refractivity contribution in [2.24, 2.45) is 5.92 Å². The van der Waals surface area contributed by atoms with Crippen molar-refractivity contribution in [3.05, 3.63) is 0 Å². The van der Waals surface area contributed by atoms with Crippen LogP contribution in [0.4, 0.5) is 0 Å². The van der Waals surface area contributed by atoms with Crippen LogP contribution in [0, 0.1) is 5.92 Å². The summed E-state index contributed by atoms with van der Waals surface area (Å²) in [5.41, 5.74) is 0. The summed E-state index contributed by atoms with van der Waals surface area (Å²) in [6.45, 7) is 9.68. The summed E-state index contributed by atoms with van der Waals surface area (Å²) in [5, 5.41) is 6.01. The van der Waals surface area contributed by atoms with E-state index in [2.05, 4.69) is 24.5 Å². The third-order valence-electron chi connectivity index (χ3n) is 2.75. The molecule has 19 heavy (non-hydrogen) atoms. The van der Waals surface area contributed by atoms with Crippen molar-refractivity contribution in [1.29, 1.82) is 0 Å². The number of rotatable bonds is 12. The minimum atomic E-state index is -0.184. The fourth-order valence-corrected chi connectivity index (χ4v) is 1.44. The van der Waals surface area contributed by atoms with Gasteiger partial charge in [0.05, 0.1) is 12.6 Å². The molecule has 1 unspecified atom stereocenters. The van der Waals surface area contributed by atoms with E-state index in [1.54, 1.807) is 7.11 Å². The summed E-state index contributed by atoms with van der Waals surface area (Å²) in [4.78, 5) is 11.7. The van der Waals surface area contributed by atoms with E-state index >= 15 is 0 Å². The van der Waals surface area contributed by atoms with E-state index in [0.717, 1.165) is 19.4 Å². The Kier molecular flexibility index (Phi) is 12.0. The molecule has 0 bridgehead atoms. The van der Waals surface area contributed by atoms with E-state index in [4.69, 9.17) is 9.47 Å². The molecule has 0 aromatic rings. The van der Waals surface area contributed by atoms with Crippen molar-refractivity contribution in [3.63, 3.8) is 0 Å². The van der Waals surface area contributed by atoms with Gasteiger partial charge in [-0.3, -0.25) is 4.79 Å². The zero-order chi connectivity index (χ0) is 14.5. The molecule has 0 fully saturated rings. The maximum absolute atomic E-state index is 11.7. The van der Waals surface area contributed by atoms with Gasteiger partial charge in [0.2, 0.25) is 5.91 Å². The van der Waals surface area contributed by atoms with Crippen molar-refractivity contribution in [3.8, 4) is 0 Å². The van der Waals surface area contributed by atoms with Crippen molar-refractivity contribution >= 4 is 5.91 Å². The number of amides is 1. The van der Waals surface area contributed by atoms with Gasteiger partial charge in [-0.1, -0.05) is 13.8 Å². The van der Waals surface area contributed by atoms with Gasteiger partial charge in [-0.05, 0) is 25.7 Å². The number of methoxy groups -OCH3 is 1. The topological polar surface area (TPSA) is 59.6 Å². The molecule has 0 saturated heterocycles. The SMILES string of the molecule is COCCCNC(=O)C(C)NCCOCCC(C)C. The normalized spacial score (nSPS) is 12.7. The fraction of sp³-hybridized carbons (Fsp3) is 0.929. The minimum absolute atomic E-state index is 0.0262. The first kappa shape index (κ1) is 18.4. The van der Waals surface area contributed by atoms with E-state index < -0.39 is 0 Å². The average molecular weight is 274 g/mol. The molecule has 1 amide bonds. The van der Waals surface area contributed by atoms with Gasteiger partial charge in [0.1, 0.15) is 0 Å². The number of nitrogens with one attached hydrogen (secondary N) is 2. The number of ether oxygens (including phenoxy) is 2. The molecule has 1 atom stereocenters. The zero-order valence-corrected chi connectivity index (χ0v) is 12.8. The third-order valence-corrected chi connectivity index (χ3v) is 2.75. The Labute approximate surface area is 117 Å². The predicted octanol–water partition coefficient (Wildman–Crippen LogP) is 1.18. The second kappa shape index (κ2) is 12.4. The molecule has 114 valence electrons. The van der Waals surface area contributed by atoms with Crippen LogP contribution in [0.15, 0.2) is 0 Å². The van der Waals surface area contributed by atoms with E-state index in [1.165, 1.54) is 0 Å². The molecule has 2 N–H and O–H groups in total. The summed E-state index contributed by atoms with van der Waals surface area (Å²) in [6, 6.07) is -0.184. The Bertz CT molecular complexity index is 223. The second-order valence-corrected chi connectivity index (χ2v) is 5.11. The first-order valence-electron chi connectivity index (χ1n) is 7.15. The second-order valence-electron chi connectivity index (χ2n) is 5.11. The van der Waals surface area contributed by atoms with E-state index in [-0.39, 0.29) is 11.9 Å². The lowest BCUT2D eigenvalue weighted by molar-refractivity contribution is -0.122. The molecule has 0 rings (SSSR count). The van der Waals surface area contributed by atoms with Crippen LogP contribution in [0.5, 0.6) is 0 Å². The van der Waals surface area contributed by atoms with Crippen molar-refractivity contribution in [2.45, 2.75) is 39.7 Å². The van der Waals surface area contributed by atoms with Crippen LogP contribution < -0.4 is 10.6 Å². The van der Waals surface area contributed by atoms with Crippen LogP contribution in [-0.4, -0.2) is 52.0 Å². The van der Waals surface area contributed by atoms with Crippen LogP contribution in [0.1, 0.15) is 33.6 Å². The van der Waals surface area contributed by atoms with Crippen LogP contribution >= 0.6 is 0 Å². The summed E-state index contributed by atoms with van der Waals surface area (Å²) in [6.07, 6.45) is 1.92. The molecular weight excluding hydrogens is 244 g/mol. The highest BCUT2D eigenvalue weighted by Crippen LogP contribution is 1.98. The summed E-state index contributed by atoms with van der Waals surface area (Å²) >= 11 is 0. The first-order valence-corrected chi connectivity index (χ1v) is 7.15. The molecule has 5 nitrogen and oxygen atoms in total. The van der Waals surface area contributed by atoms with Crippen LogP contribution in [0.2, 0.25) is 0 Å². The maximum atomic E-state index is 11.7. The molecule has 5 heteroatoms. The Morgan fingerprint density at radius 1 is 1.11 bits per heavy atom. The van der Waals surface area contributed by atoms with Gasteiger partial charge in [0, 0.05) is 33.4 Å². The molecule has 0 saturated carbocycles. The summed E-state index contributed by atoms with van der Waals surface area (Å²) in [7, 11) is 1.66. The smallest absolute Gasteiger partial charge is 0.236 e. The number of carbonyl (C=O) groups is 1. The van der Waals surface area contributed by atoms with Gasteiger partial charge >= 0.3 is 0 Å². The standard InChI is InChI=1S/C14H30N2O3/c1-12(2)6-10-19-11-8-15-13(3)14(17)16-7-5-9-18-4/h12-13,15H,5-11H2,1-4H3,(H,16,17). The quantitative estimate of drug-likeness (QED) is 0.525. The number of hydrogen-bond donors (Lipinski definition) is 2. The largest absolute Gasteiger partial charge is 0.385 e. The highest BCUT2D eigenvalue weighted by Gasteiger charge is 2.10. The molecule has 0 spiro atoms. The first-order chi connectivity index (χ1) is 9.07. The lowest BCUT2D eigenvalue weighted by Crippen LogP contribution is -2.43. The molecular formula is C14H30N2O3. The van der Waals surface area contributed by atoms with Gasteiger partial charge < -0.3 is 20.1 Å². The molecule has 0 aromatic heterocycles. The molecule has 0 heterocycles. The van der Waals surface area contributed by atoms with Crippen LogP contribution in [0.25, 0.3) is 0 Å². The fourth-order valence-electron chi connectivity index (χ4n) is 1.44. The zero-order valence-electron chi connectivity index (χ0n) is 12.8. The van der Waals surface area contributed by atoms with Crippen LogP contribution in [-0.2, 0) is 14.3 Å². The van der Waals surface area contributed by atoms with Gasteiger partial charge in [0.15, 0.2) is 0 Å². The van der Waals surface area contributed by atoms with Gasteiger partial charge in [-0.15, -0.1) is 0 Å². The predicted molar refractivity (Wildman–Crippen MR) is 77.2 cm³/mol. The molecule has 0 aliphatic carbocycles. The Balaban J connectivity index is 3.41. The van der Waals surface area contributed by atoms with Gasteiger partial charge in [-0.25, -0.2) is 0 Å². The van der Waals surface area contributed by atoms with Crippen molar-refractivity contribution < 1.29 is 14.3 Å². The average Bonchev–Trinajstić information content (AvgIpc) is 2.37. The Morgan fingerprint density at radius 3 is 2.47 bits per heavy atom. The molecule has 0 aromatic carbocycles. The Morgan fingerprint density at radius 2 is 1.84 bits per heavy atom. The number of carbonyl (C=O) groups excluding carboxylic acids is 1. The van der Waals surface area contributed by atoms with Crippen molar-refractivity contribution in [2.75, 3.05) is 40.0 Å². The highest BCUT2D eigenvalue weighted by atomic mass is 16.5. The van der Waals surface area contributed by atoms with Crippen molar-refractivity contribution in [1.82, 2.24) is 10.6 Å². The van der Waals surface area contributed by atoms with E-state index in [9.17, 15) is 4.79 Å². The van der Waals surface area contributed by atoms with E-state index in [1.807, 2.05) is 6.92 Å². The summed E-state index contributed by atoms with van der Waals surface area (Å²) in [5.74, 6) is 0.697. The lowest BCUT2D eigenvalue weighted by atomic mass is 10.1. The third kappa shape index (κ3) is 12.1. The summed E-state index contributed by atoms with van der Waals surface area (Å²) < 4.78 is 10.4. The molecule has 0 aliphatic rings. The number of hydrogen-bond acceptors (Lipinski definition) is 4. The minimum Gasteiger partial charge on any atom is -0.385 e. The molecule has 0 aliphatic heterocycles. The maximum Gasteiger partial charge on any atom is 0.236 e. The van der Waals surface area contributed by atoms with Gasteiger partial charge in [-0.2, -0.15) is 0 Å². The monoisotopic (exact) mass is 274 g/mol. The Hall–Kier alpha value is -0.650. The lowest BCUT2D eigenvalue weighted by Gasteiger charge is -2.14. The molecule has 0 radical (unpaired) electrons.